The molecule has 0 atom stereocenters. The van der Waals surface area contributed by atoms with E-state index in [1.54, 1.807) is 19.9 Å². The van der Waals surface area contributed by atoms with Gasteiger partial charge in [-0.25, -0.2) is 18.5 Å². The van der Waals surface area contributed by atoms with Crippen molar-refractivity contribution in [2.75, 3.05) is 5.73 Å². The highest BCUT2D eigenvalue weighted by molar-refractivity contribution is 7.99. The van der Waals surface area contributed by atoms with Gasteiger partial charge in [-0.1, -0.05) is 11.8 Å². The Morgan fingerprint density at radius 3 is 2.48 bits per heavy atom. The molecule has 0 amide bonds. The Hall–Kier alpha value is -1.84. The number of nitrogen functional groups attached to an aromatic ring is 1. The Balaban J connectivity index is 2.55. The molecule has 1 heterocycles. The van der Waals surface area contributed by atoms with Crippen LogP contribution in [0, 0.1) is 13.8 Å². The number of primary sulfonamides is 1. The zero-order valence-corrected chi connectivity index (χ0v) is 13.0. The number of benzene rings is 1. The summed E-state index contributed by atoms with van der Waals surface area (Å²) in [7, 11) is -3.87. The summed E-state index contributed by atoms with van der Waals surface area (Å²) in [6.45, 7) is 3.32. The number of aromatic nitrogens is 2. The number of H-pyrrole nitrogens is 1. The standard InChI is InChI=1S/C12H14N4O3S2/c1-6-3-11(17)16-12(15-6)20-9-4-8(13)5-10(7(9)2)21(14,18)19/h3-5H,13H2,1-2H3,(H2,14,18,19)(H,15,16,17). The Kier molecular flexibility index (Phi) is 4.08. The molecule has 0 unspecified atom stereocenters. The van der Waals surface area contributed by atoms with Crippen molar-refractivity contribution in [3.63, 3.8) is 0 Å². The first-order chi connectivity index (χ1) is 9.66. The minimum absolute atomic E-state index is 0.0417. The maximum Gasteiger partial charge on any atom is 0.251 e. The second-order valence-electron chi connectivity index (χ2n) is 4.48. The molecule has 1 aromatic carbocycles. The van der Waals surface area contributed by atoms with Gasteiger partial charge in [-0.05, 0) is 31.5 Å². The van der Waals surface area contributed by atoms with E-state index in [0.717, 1.165) is 11.8 Å². The molecule has 2 rings (SSSR count). The van der Waals surface area contributed by atoms with E-state index in [1.807, 2.05) is 0 Å². The molecule has 0 bridgehead atoms. The fraction of sp³-hybridized carbons (Fsp3) is 0.167. The van der Waals surface area contributed by atoms with Crippen molar-refractivity contribution < 1.29 is 8.42 Å². The Morgan fingerprint density at radius 2 is 1.90 bits per heavy atom. The number of hydrogen-bond donors (Lipinski definition) is 3. The number of hydrogen-bond acceptors (Lipinski definition) is 6. The van der Waals surface area contributed by atoms with E-state index < -0.39 is 10.0 Å². The quantitative estimate of drug-likeness (QED) is 0.564. The van der Waals surface area contributed by atoms with Crippen molar-refractivity contribution in [3.8, 4) is 0 Å². The predicted octanol–water partition coefficient (Wildman–Crippen LogP) is 0.768. The van der Waals surface area contributed by atoms with Crippen LogP contribution >= 0.6 is 11.8 Å². The third-order valence-corrected chi connectivity index (χ3v) is 4.76. The lowest BCUT2D eigenvalue weighted by Gasteiger charge is -2.11. The van der Waals surface area contributed by atoms with E-state index in [2.05, 4.69) is 9.97 Å². The van der Waals surface area contributed by atoms with Crippen molar-refractivity contribution in [3.05, 3.63) is 39.8 Å². The second kappa shape index (κ2) is 5.51. The molecule has 2 aromatic rings. The first-order valence-corrected chi connectivity index (χ1v) is 8.22. The van der Waals surface area contributed by atoms with Crippen molar-refractivity contribution in [1.82, 2.24) is 9.97 Å². The molecule has 1 aromatic heterocycles. The van der Waals surface area contributed by atoms with Gasteiger partial charge in [0.25, 0.3) is 5.56 Å². The maximum atomic E-state index is 11.6. The van der Waals surface area contributed by atoms with Crippen LogP contribution in [0.4, 0.5) is 5.69 Å². The summed E-state index contributed by atoms with van der Waals surface area (Å²) in [5.41, 5.74) is 6.72. The van der Waals surface area contributed by atoms with E-state index in [9.17, 15) is 13.2 Å². The molecular formula is C12H14N4O3S2. The number of aromatic amines is 1. The van der Waals surface area contributed by atoms with Crippen LogP contribution in [0.2, 0.25) is 0 Å². The van der Waals surface area contributed by atoms with E-state index in [-0.39, 0.29) is 16.1 Å². The molecule has 112 valence electrons. The summed E-state index contributed by atoms with van der Waals surface area (Å²) >= 11 is 1.12. The lowest BCUT2D eigenvalue weighted by molar-refractivity contribution is 0.597. The van der Waals surface area contributed by atoms with Gasteiger partial charge in [-0.2, -0.15) is 0 Å². The van der Waals surface area contributed by atoms with Crippen LogP contribution in [0.25, 0.3) is 0 Å². The molecule has 0 spiro atoms. The van der Waals surface area contributed by atoms with Gasteiger partial charge in [0.2, 0.25) is 10.0 Å². The Morgan fingerprint density at radius 1 is 1.24 bits per heavy atom. The monoisotopic (exact) mass is 326 g/mol. The van der Waals surface area contributed by atoms with Crippen LogP contribution in [-0.2, 0) is 10.0 Å². The third kappa shape index (κ3) is 3.63. The van der Waals surface area contributed by atoms with Crippen LogP contribution in [0.5, 0.6) is 0 Å². The smallest absolute Gasteiger partial charge is 0.251 e. The Labute approximate surface area is 125 Å². The molecule has 7 nitrogen and oxygen atoms in total. The van der Waals surface area contributed by atoms with Crippen LogP contribution < -0.4 is 16.4 Å². The molecule has 0 saturated heterocycles. The summed E-state index contributed by atoms with van der Waals surface area (Å²) in [6.07, 6.45) is 0. The van der Waals surface area contributed by atoms with Gasteiger partial charge in [0.05, 0.1) is 4.90 Å². The molecule has 0 fully saturated rings. The van der Waals surface area contributed by atoms with Crippen molar-refractivity contribution >= 4 is 27.5 Å². The van der Waals surface area contributed by atoms with Crippen molar-refractivity contribution in [2.24, 2.45) is 5.14 Å². The number of rotatable bonds is 3. The van der Waals surface area contributed by atoms with Crippen LogP contribution in [0.1, 0.15) is 11.3 Å². The number of sulfonamides is 1. The summed E-state index contributed by atoms with van der Waals surface area (Å²) in [6, 6.07) is 4.28. The zero-order chi connectivity index (χ0) is 15.8. The van der Waals surface area contributed by atoms with Crippen LogP contribution in [-0.4, -0.2) is 18.4 Å². The number of aryl methyl sites for hydroxylation is 1. The third-order valence-electron chi connectivity index (χ3n) is 2.70. The lowest BCUT2D eigenvalue weighted by atomic mass is 10.2. The Bertz CT molecular complexity index is 859. The summed E-state index contributed by atoms with van der Waals surface area (Å²) in [4.78, 5) is 18.7. The zero-order valence-electron chi connectivity index (χ0n) is 11.4. The minimum Gasteiger partial charge on any atom is -0.399 e. The molecule has 5 N–H and O–H groups in total. The minimum atomic E-state index is -3.87. The highest BCUT2D eigenvalue weighted by atomic mass is 32.2. The molecular weight excluding hydrogens is 312 g/mol. The molecule has 9 heteroatoms. The van der Waals surface area contributed by atoms with Gasteiger partial charge < -0.3 is 10.7 Å². The van der Waals surface area contributed by atoms with Crippen molar-refractivity contribution in [2.45, 2.75) is 28.8 Å². The lowest BCUT2D eigenvalue weighted by Crippen LogP contribution is -2.14. The maximum absolute atomic E-state index is 11.6. The van der Waals surface area contributed by atoms with Gasteiger partial charge >= 0.3 is 0 Å². The van der Waals surface area contributed by atoms with Crippen LogP contribution in [0.15, 0.2) is 37.9 Å². The highest BCUT2D eigenvalue weighted by Gasteiger charge is 2.16. The average Bonchev–Trinajstić information content (AvgIpc) is 2.30. The van der Waals surface area contributed by atoms with Crippen LogP contribution in [0.3, 0.4) is 0 Å². The summed E-state index contributed by atoms with van der Waals surface area (Å²) in [5, 5.41) is 5.53. The molecule has 0 aliphatic rings. The molecule has 21 heavy (non-hydrogen) atoms. The first-order valence-electron chi connectivity index (χ1n) is 5.85. The van der Waals surface area contributed by atoms with Crippen molar-refractivity contribution in [1.29, 1.82) is 0 Å². The van der Waals surface area contributed by atoms with Gasteiger partial charge in [0.1, 0.15) is 0 Å². The predicted molar refractivity (Wildman–Crippen MR) is 80.7 cm³/mol. The van der Waals surface area contributed by atoms with Gasteiger partial charge in [0, 0.05) is 22.3 Å². The van der Waals surface area contributed by atoms with Gasteiger partial charge in [-0.3, -0.25) is 4.79 Å². The molecule has 0 aliphatic carbocycles. The summed E-state index contributed by atoms with van der Waals surface area (Å²) < 4.78 is 23.1. The average molecular weight is 326 g/mol. The fourth-order valence-corrected chi connectivity index (χ4v) is 3.70. The molecule has 0 saturated carbocycles. The number of nitrogens with two attached hydrogens (primary N) is 2. The molecule has 0 radical (unpaired) electrons. The topological polar surface area (TPSA) is 132 Å². The van der Waals surface area contributed by atoms with Gasteiger partial charge in [-0.15, -0.1) is 0 Å². The second-order valence-corrected chi connectivity index (χ2v) is 7.04. The number of nitrogens with one attached hydrogen (secondary N) is 1. The van der Waals surface area contributed by atoms with E-state index in [1.165, 1.54) is 12.1 Å². The van der Waals surface area contributed by atoms with E-state index in [0.29, 0.717) is 21.3 Å². The number of nitrogens with zero attached hydrogens (tertiary/aromatic N) is 1. The van der Waals surface area contributed by atoms with E-state index >= 15 is 0 Å². The molecule has 0 aliphatic heterocycles. The SMILES string of the molecule is Cc1cc(=O)[nH]c(Sc2cc(N)cc(S(N)(=O)=O)c2C)n1. The number of anilines is 1. The summed E-state index contributed by atoms with van der Waals surface area (Å²) in [5.74, 6) is 0. The van der Waals surface area contributed by atoms with Gasteiger partial charge in [0.15, 0.2) is 5.16 Å². The first kappa shape index (κ1) is 15.5. The normalized spacial score (nSPS) is 11.6. The largest absolute Gasteiger partial charge is 0.399 e. The fourth-order valence-electron chi connectivity index (χ4n) is 1.79. The highest BCUT2D eigenvalue weighted by Crippen LogP contribution is 2.32. The van der Waals surface area contributed by atoms with E-state index in [4.69, 9.17) is 10.9 Å².